The van der Waals surface area contributed by atoms with Crippen molar-refractivity contribution in [2.24, 2.45) is 5.73 Å². The second-order valence-electron chi connectivity index (χ2n) is 4.12. The van der Waals surface area contributed by atoms with E-state index in [-0.39, 0.29) is 24.0 Å². The van der Waals surface area contributed by atoms with Gasteiger partial charge in [-0.3, -0.25) is 4.79 Å². The molecule has 0 fully saturated rings. The van der Waals surface area contributed by atoms with Crippen molar-refractivity contribution in [3.05, 3.63) is 23.8 Å². The van der Waals surface area contributed by atoms with Crippen molar-refractivity contribution in [1.29, 1.82) is 0 Å². The molecule has 0 aliphatic carbocycles. The number of benzene rings is 1. The molecule has 0 saturated heterocycles. The number of phenolic OH excluding ortho intramolecular Hbond substituents is 2. The zero-order valence-corrected chi connectivity index (χ0v) is 9.88. The molecular weight excluding hydrogens is 222 g/mol. The Kier molecular flexibility index (Phi) is 4.34. The van der Waals surface area contributed by atoms with Gasteiger partial charge in [-0.15, -0.1) is 0 Å². The Balaban J connectivity index is 2.64. The molecule has 0 unspecified atom stereocenters. The average Bonchev–Trinajstić information content (AvgIpc) is 2.22. The Morgan fingerprint density at radius 1 is 1.35 bits per heavy atom. The molecule has 1 aromatic rings. The van der Waals surface area contributed by atoms with E-state index in [4.69, 9.17) is 15.6 Å². The van der Waals surface area contributed by atoms with Crippen molar-refractivity contribution in [2.75, 3.05) is 0 Å². The third-order valence-electron chi connectivity index (χ3n) is 2.15. The first-order valence-corrected chi connectivity index (χ1v) is 5.37. The Morgan fingerprint density at radius 3 is 2.53 bits per heavy atom. The molecule has 1 aromatic carbocycles. The van der Waals surface area contributed by atoms with Gasteiger partial charge < -0.3 is 20.7 Å². The van der Waals surface area contributed by atoms with E-state index < -0.39 is 12.0 Å². The van der Waals surface area contributed by atoms with E-state index in [1.165, 1.54) is 12.1 Å². The summed E-state index contributed by atoms with van der Waals surface area (Å²) in [7, 11) is 0. The number of carbonyl (C=O) groups is 1. The molecule has 94 valence electrons. The van der Waals surface area contributed by atoms with Crippen LogP contribution in [0.15, 0.2) is 18.2 Å². The van der Waals surface area contributed by atoms with Crippen LogP contribution >= 0.6 is 0 Å². The predicted octanol–water partition coefficient (Wildman–Crippen LogP) is 0.919. The number of carbonyl (C=O) groups excluding carboxylic acids is 1. The average molecular weight is 239 g/mol. The highest BCUT2D eigenvalue weighted by molar-refractivity contribution is 5.76. The molecule has 5 nitrogen and oxygen atoms in total. The Morgan fingerprint density at radius 2 is 2.00 bits per heavy atom. The van der Waals surface area contributed by atoms with Crippen LogP contribution in [0.1, 0.15) is 19.4 Å². The smallest absolute Gasteiger partial charge is 0.323 e. The van der Waals surface area contributed by atoms with Gasteiger partial charge in [-0.25, -0.2) is 0 Å². The minimum Gasteiger partial charge on any atom is -0.504 e. The zero-order chi connectivity index (χ0) is 13.0. The molecule has 0 amide bonds. The summed E-state index contributed by atoms with van der Waals surface area (Å²) in [6, 6.07) is 3.54. The van der Waals surface area contributed by atoms with Gasteiger partial charge in [-0.05, 0) is 38.0 Å². The van der Waals surface area contributed by atoms with Crippen LogP contribution in [0.2, 0.25) is 0 Å². The monoisotopic (exact) mass is 239 g/mol. The molecule has 5 heteroatoms. The fourth-order valence-corrected chi connectivity index (χ4v) is 1.35. The molecule has 0 aliphatic rings. The van der Waals surface area contributed by atoms with Crippen LogP contribution in [0.5, 0.6) is 11.5 Å². The third kappa shape index (κ3) is 3.96. The number of rotatable bonds is 4. The molecule has 4 N–H and O–H groups in total. The molecule has 0 bridgehead atoms. The molecule has 1 rings (SSSR count). The maximum atomic E-state index is 11.5. The van der Waals surface area contributed by atoms with E-state index in [0.29, 0.717) is 5.56 Å². The second kappa shape index (κ2) is 5.54. The van der Waals surface area contributed by atoms with E-state index in [0.717, 1.165) is 0 Å². The first-order chi connectivity index (χ1) is 7.90. The SMILES string of the molecule is CC(C)OC(=O)[C@H](N)Cc1ccc(O)c(O)c1. The lowest BCUT2D eigenvalue weighted by Crippen LogP contribution is -2.35. The largest absolute Gasteiger partial charge is 0.504 e. The van der Waals surface area contributed by atoms with Crippen molar-refractivity contribution in [2.45, 2.75) is 32.4 Å². The molecular formula is C12H17NO4. The summed E-state index contributed by atoms with van der Waals surface area (Å²) in [6.45, 7) is 3.49. The van der Waals surface area contributed by atoms with Crippen LogP contribution < -0.4 is 5.73 Å². The lowest BCUT2D eigenvalue weighted by molar-refractivity contribution is -0.148. The van der Waals surface area contributed by atoms with Crippen molar-refractivity contribution in [3.8, 4) is 11.5 Å². The summed E-state index contributed by atoms with van der Waals surface area (Å²) in [5.74, 6) is -0.911. The van der Waals surface area contributed by atoms with Gasteiger partial charge in [0.1, 0.15) is 6.04 Å². The number of aromatic hydroxyl groups is 2. The molecule has 1 atom stereocenters. The highest BCUT2D eigenvalue weighted by Crippen LogP contribution is 2.25. The maximum Gasteiger partial charge on any atom is 0.323 e. The summed E-state index contributed by atoms with van der Waals surface area (Å²) in [4.78, 5) is 11.5. The van der Waals surface area contributed by atoms with Crippen molar-refractivity contribution < 1.29 is 19.7 Å². The van der Waals surface area contributed by atoms with Gasteiger partial charge in [0.15, 0.2) is 11.5 Å². The van der Waals surface area contributed by atoms with Crippen molar-refractivity contribution in [3.63, 3.8) is 0 Å². The highest BCUT2D eigenvalue weighted by Gasteiger charge is 2.17. The van der Waals surface area contributed by atoms with Crippen LogP contribution in [0.25, 0.3) is 0 Å². The normalized spacial score (nSPS) is 12.5. The summed E-state index contributed by atoms with van der Waals surface area (Å²) < 4.78 is 4.96. The van der Waals surface area contributed by atoms with Crippen LogP contribution in [-0.2, 0) is 16.0 Å². The Bertz CT molecular complexity index is 403. The first-order valence-electron chi connectivity index (χ1n) is 5.37. The van der Waals surface area contributed by atoms with E-state index >= 15 is 0 Å². The number of esters is 1. The standard InChI is InChI=1S/C12H17NO4/c1-7(2)17-12(16)9(13)5-8-3-4-10(14)11(15)6-8/h3-4,6-7,9,14-15H,5,13H2,1-2H3/t9-/m1/s1. The summed E-state index contributed by atoms with van der Waals surface area (Å²) in [6.07, 6.45) is 0.0427. The quantitative estimate of drug-likeness (QED) is 0.536. The molecule has 0 spiro atoms. The maximum absolute atomic E-state index is 11.5. The molecule has 0 saturated carbocycles. The lowest BCUT2D eigenvalue weighted by atomic mass is 10.1. The van der Waals surface area contributed by atoms with Crippen LogP contribution in [-0.4, -0.2) is 28.3 Å². The number of nitrogens with two attached hydrogens (primary N) is 1. The minimum absolute atomic E-state index is 0.202. The van der Waals surface area contributed by atoms with Gasteiger partial charge in [-0.1, -0.05) is 6.07 Å². The fraction of sp³-hybridized carbons (Fsp3) is 0.417. The van der Waals surface area contributed by atoms with Crippen LogP contribution in [0.3, 0.4) is 0 Å². The second-order valence-corrected chi connectivity index (χ2v) is 4.12. The van der Waals surface area contributed by atoms with Gasteiger partial charge in [0.25, 0.3) is 0 Å². The number of hydrogen-bond donors (Lipinski definition) is 3. The van der Waals surface area contributed by atoms with Crippen LogP contribution in [0, 0.1) is 0 Å². The van der Waals surface area contributed by atoms with Crippen molar-refractivity contribution >= 4 is 5.97 Å². The highest BCUT2D eigenvalue weighted by atomic mass is 16.5. The van der Waals surface area contributed by atoms with Gasteiger partial charge in [-0.2, -0.15) is 0 Å². The third-order valence-corrected chi connectivity index (χ3v) is 2.15. The fourth-order valence-electron chi connectivity index (χ4n) is 1.35. The van der Waals surface area contributed by atoms with E-state index in [2.05, 4.69) is 0 Å². The summed E-state index contributed by atoms with van der Waals surface area (Å²) in [5.41, 5.74) is 6.33. The van der Waals surface area contributed by atoms with Crippen LogP contribution in [0.4, 0.5) is 0 Å². The summed E-state index contributed by atoms with van der Waals surface area (Å²) >= 11 is 0. The van der Waals surface area contributed by atoms with Gasteiger partial charge in [0.2, 0.25) is 0 Å². The van der Waals surface area contributed by atoms with Gasteiger partial charge in [0.05, 0.1) is 6.10 Å². The van der Waals surface area contributed by atoms with E-state index in [9.17, 15) is 9.90 Å². The molecule has 0 heterocycles. The number of ether oxygens (including phenoxy) is 1. The molecule has 0 aliphatic heterocycles. The van der Waals surface area contributed by atoms with Gasteiger partial charge in [0, 0.05) is 0 Å². The summed E-state index contributed by atoms with van der Waals surface area (Å²) in [5, 5.41) is 18.4. The van der Waals surface area contributed by atoms with E-state index in [1.807, 2.05) is 0 Å². The molecule has 17 heavy (non-hydrogen) atoms. The molecule has 0 aromatic heterocycles. The predicted molar refractivity (Wildman–Crippen MR) is 62.7 cm³/mol. The van der Waals surface area contributed by atoms with Gasteiger partial charge >= 0.3 is 5.97 Å². The topological polar surface area (TPSA) is 92.8 Å². The first kappa shape index (κ1) is 13.3. The Labute approximate surface area is 99.8 Å². The van der Waals surface area contributed by atoms with Crippen molar-refractivity contribution in [1.82, 2.24) is 0 Å². The molecule has 0 radical (unpaired) electrons. The number of hydrogen-bond acceptors (Lipinski definition) is 5. The van der Waals surface area contributed by atoms with E-state index in [1.54, 1.807) is 19.9 Å². The lowest BCUT2D eigenvalue weighted by Gasteiger charge is -2.14. The zero-order valence-electron chi connectivity index (χ0n) is 9.88. The number of phenols is 2. The Hall–Kier alpha value is -1.75. The minimum atomic E-state index is -0.777.